The number of benzene rings is 4. The summed E-state index contributed by atoms with van der Waals surface area (Å²) in [6.07, 6.45) is 11.6. The van der Waals surface area contributed by atoms with Crippen LogP contribution >= 0.6 is 0 Å². The molecule has 0 saturated heterocycles. The van der Waals surface area contributed by atoms with Crippen LogP contribution in [0.25, 0.3) is 27.4 Å². The number of para-hydroxylation sites is 2. The number of hydrogen-bond donors (Lipinski definition) is 1. The van der Waals surface area contributed by atoms with Crippen LogP contribution in [-0.4, -0.2) is 12.0 Å². The third-order valence-corrected chi connectivity index (χ3v) is 6.16. The standard InChI is InChI=1S/C19H16N2.C13H12/c1-21(14-7-3-2-4-8-14)15-11-12-19-17(13-15)16-9-5-6-10-18(16)20-19;1-2-5-9-12(8-4-1)13-10-6-3-7-11-13/h2-13,20H,1H3;1-8,10-11H,9H2. The maximum absolute atomic E-state index is 3.47. The van der Waals surface area contributed by atoms with Gasteiger partial charge in [-0.05, 0) is 54.0 Å². The number of anilines is 2. The van der Waals surface area contributed by atoms with Crippen molar-refractivity contribution >= 4 is 38.8 Å². The molecule has 5 aromatic rings. The summed E-state index contributed by atoms with van der Waals surface area (Å²) in [4.78, 5) is 5.67. The lowest BCUT2D eigenvalue weighted by Gasteiger charge is -2.19. The van der Waals surface area contributed by atoms with Gasteiger partial charge in [-0.25, -0.2) is 0 Å². The van der Waals surface area contributed by atoms with Gasteiger partial charge in [0, 0.05) is 40.2 Å². The Hall–Kier alpha value is -4.30. The van der Waals surface area contributed by atoms with Gasteiger partial charge in [-0.15, -0.1) is 0 Å². The molecule has 166 valence electrons. The summed E-state index contributed by atoms with van der Waals surface area (Å²) < 4.78 is 0. The first-order valence-corrected chi connectivity index (χ1v) is 11.7. The van der Waals surface area contributed by atoms with Crippen LogP contribution in [0.2, 0.25) is 0 Å². The number of aromatic amines is 1. The zero-order chi connectivity index (χ0) is 23.2. The monoisotopic (exact) mass is 440 g/mol. The van der Waals surface area contributed by atoms with Crippen LogP contribution in [0.5, 0.6) is 0 Å². The third kappa shape index (κ3) is 4.72. The Morgan fingerprint density at radius 1 is 0.618 bits per heavy atom. The molecule has 0 amide bonds. The zero-order valence-electron chi connectivity index (χ0n) is 19.4. The van der Waals surface area contributed by atoms with Crippen LogP contribution in [0.15, 0.2) is 134 Å². The summed E-state index contributed by atoms with van der Waals surface area (Å²) in [5.74, 6) is 0. The van der Waals surface area contributed by atoms with Crippen molar-refractivity contribution in [3.8, 4) is 0 Å². The molecule has 1 heterocycles. The van der Waals surface area contributed by atoms with Crippen LogP contribution in [0.3, 0.4) is 0 Å². The molecule has 1 aromatic heterocycles. The number of aromatic nitrogens is 1. The van der Waals surface area contributed by atoms with Crippen LogP contribution < -0.4 is 4.90 Å². The SMILES string of the molecule is C1=CC=C(c2ccccc2)CC=C1.CN(c1ccccc1)c1ccc2[nH]c3ccccc3c2c1. The van der Waals surface area contributed by atoms with Crippen molar-refractivity contribution in [2.24, 2.45) is 0 Å². The molecule has 2 heteroatoms. The van der Waals surface area contributed by atoms with Crippen LogP contribution in [0.4, 0.5) is 11.4 Å². The lowest BCUT2D eigenvalue weighted by atomic mass is 10.0. The minimum Gasteiger partial charge on any atom is -0.355 e. The second kappa shape index (κ2) is 10.1. The largest absolute Gasteiger partial charge is 0.355 e. The summed E-state index contributed by atoms with van der Waals surface area (Å²) in [6.45, 7) is 0. The maximum atomic E-state index is 3.47. The van der Waals surface area contributed by atoms with E-state index in [1.165, 1.54) is 44.3 Å². The molecule has 0 fully saturated rings. The Balaban J connectivity index is 0.000000159. The number of rotatable bonds is 3. The van der Waals surface area contributed by atoms with Gasteiger partial charge in [-0.1, -0.05) is 97.1 Å². The molecule has 1 aliphatic carbocycles. The Labute approximate surface area is 201 Å². The number of hydrogen-bond acceptors (Lipinski definition) is 1. The normalized spacial score (nSPS) is 12.7. The van der Waals surface area contributed by atoms with Crippen LogP contribution in [0.1, 0.15) is 12.0 Å². The van der Waals surface area contributed by atoms with E-state index in [0.29, 0.717) is 0 Å². The predicted octanol–water partition coefficient (Wildman–Crippen LogP) is 8.68. The average Bonchev–Trinajstić information content (AvgIpc) is 3.06. The zero-order valence-corrected chi connectivity index (χ0v) is 19.4. The molecule has 0 unspecified atom stereocenters. The molecule has 6 rings (SSSR count). The van der Waals surface area contributed by atoms with E-state index in [9.17, 15) is 0 Å². The highest BCUT2D eigenvalue weighted by molar-refractivity contribution is 6.08. The molecule has 0 spiro atoms. The Morgan fingerprint density at radius 2 is 1.32 bits per heavy atom. The fourth-order valence-corrected chi connectivity index (χ4v) is 4.29. The first kappa shape index (κ1) is 21.5. The minimum absolute atomic E-state index is 1.02. The molecule has 34 heavy (non-hydrogen) atoms. The maximum Gasteiger partial charge on any atom is 0.0466 e. The van der Waals surface area contributed by atoms with Gasteiger partial charge in [0.15, 0.2) is 0 Å². The molecule has 4 aromatic carbocycles. The van der Waals surface area contributed by atoms with Crippen LogP contribution in [0, 0.1) is 0 Å². The highest BCUT2D eigenvalue weighted by atomic mass is 15.1. The van der Waals surface area contributed by atoms with E-state index in [1.54, 1.807) is 0 Å². The van der Waals surface area contributed by atoms with Crippen molar-refractivity contribution < 1.29 is 0 Å². The average molecular weight is 441 g/mol. The molecular weight excluding hydrogens is 412 g/mol. The molecule has 0 bridgehead atoms. The van der Waals surface area contributed by atoms with Gasteiger partial charge >= 0.3 is 0 Å². The fraction of sp³-hybridized carbons (Fsp3) is 0.0625. The van der Waals surface area contributed by atoms with Crippen molar-refractivity contribution in [3.05, 3.63) is 139 Å². The molecule has 0 saturated carbocycles. The molecule has 1 N–H and O–H groups in total. The van der Waals surface area contributed by atoms with Crippen molar-refractivity contribution in [1.82, 2.24) is 4.98 Å². The quantitative estimate of drug-likeness (QED) is 0.297. The van der Waals surface area contributed by atoms with E-state index in [2.05, 4.69) is 138 Å². The highest BCUT2D eigenvalue weighted by Crippen LogP contribution is 2.31. The second-order valence-electron chi connectivity index (χ2n) is 8.37. The van der Waals surface area contributed by atoms with Gasteiger partial charge in [0.2, 0.25) is 0 Å². The van der Waals surface area contributed by atoms with Gasteiger partial charge in [0.25, 0.3) is 0 Å². The number of nitrogens with one attached hydrogen (secondary N) is 1. The van der Waals surface area contributed by atoms with Gasteiger partial charge in [-0.3, -0.25) is 0 Å². The summed E-state index contributed by atoms with van der Waals surface area (Å²) in [5.41, 5.74) is 7.45. The lowest BCUT2D eigenvalue weighted by molar-refractivity contribution is 1.21. The Kier molecular flexibility index (Phi) is 6.40. The van der Waals surface area contributed by atoms with Gasteiger partial charge < -0.3 is 9.88 Å². The smallest absolute Gasteiger partial charge is 0.0466 e. The topological polar surface area (TPSA) is 19.0 Å². The molecule has 1 aliphatic rings. The minimum atomic E-state index is 1.02. The van der Waals surface area contributed by atoms with Crippen molar-refractivity contribution in [1.29, 1.82) is 0 Å². The van der Waals surface area contributed by atoms with Gasteiger partial charge in [0.1, 0.15) is 0 Å². The molecular formula is C32H28N2. The molecule has 2 nitrogen and oxygen atoms in total. The first-order valence-electron chi connectivity index (χ1n) is 11.7. The van der Waals surface area contributed by atoms with Crippen molar-refractivity contribution in [2.45, 2.75) is 6.42 Å². The van der Waals surface area contributed by atoms with E-state index in [-0.39, 0.29) is 0 Å². The number of nitrogens with zero attached hydrogens (tertiary/aromatic N) is 1. The Bertz CT molecular complexity index is 1470. The van der Waals surface area contributed by atoms with Crippen molar-refractivity contribution in [3.63, 3.8) is 0 Å². The fourth-order valence-electron chi connectivity index (χ4n) is 4.29. The summed E-state index contributed by atoms with van der Waals surface area (Å²) in [5, 5.41) is 2.54. The lowest BCUT2D eigenvalue weighted by Crippen LogP contribution is -2.08. The summed E-state index contributed by atoms with van der Waals surface area (Å²) in [6, 6.07) is 35.9. The highest BCUT2D eigenvalue weighted by Gasteiger charge is 2.08. The second-order valence-corrected chi connectivity index (χ2v) is 8.37. The van der Waals surface area contributed by atoms with E-state index < -0.39 is 0 Å². The van der Waals surface area contributed by atoms with E-state index in [1.807, 2.05) is 12.1 Å². The number of fused-ring (bicyclic) bond motifs is 3. The Morgan fingerprint density at radius 3 is 2.15 bits per heavy atom. The molecule has 0 atom stereocenters. The third-order valence-electron chi connectivity index (χ3n) is 6.16. The van der Waals surface area contributed by atoms with Gasteiger partial charge in [0.05, 0.1) is 0 Å². The first-order chi connectivity index (χ1) is 16.8. The van der Waals surface area contributed by atoms with E-state index >= 15 is 0 Å². The van der Waals surface area contributed by atoms with Crippen molar-refractivity contribution in [2.75, 3.05) is 11.9 Å². The summed E-state index contributed by atoms with van der Waals surface area (Å²) >= 11 is 0. The molecule has 0 radical (unpaired) electrons. The van der Waals surface area contributed by atoms with E-state index in [0.717, 1.165) is 6.42 Å². The summed E-state index contributed by atoms with van der Waals surface area (Å²) in [7, 11) is 2.10. The van der Waals surface area contributed by atoms with Gasteiger partial charge in [-0.2, -0.15) is 0 Å². The number of allylic oxidation sites excluding steroid dienone is 6. The van der Waals surface area contributed by atoms with Crippen LogP contribution in [-0.2, 0) is 0 Å². The molecule has 0 aliphatic heterocycles. The predicted molar refractivity (Wildman–Crippen MR) is 148 cm³/mol. The number of H-pyrrole nitrogens is 1. The van der Waals surface area contributed by atoms with E-state index in [4.69, 9.17) is 0 Å².